The Morgan fingerprint density at radius 2 is 1.00 bits per heavy atom. The first-order chi connectivity index (χ1) is 11.7. The molecule has 22 heteroatoms. The molecule has 0 aliphatic carbocycles. The summed E-state index contributed by atoms with van der Waals surface area (Å²) >= 11 is 0. The highest BCUT2D eigenvalue weighted by molar-refractivity contribution is 4.64. The van der Waals surface area contributed by atoms with Crippen molar-refractivity contribution < 1.29 is 34.6 Å². The van der Waals surface area contributed by atoms with Crippen LogP contribution in [-0.2, 0) is 0 Å². The molecule has 0 aromatic rings. The first-order valence-corrected chi connectivity index (χ1v) is 5.46. The van der Waals surface area contributed by atoms with Crippen molar-refractivity contribution in [3.8, 4) is 0 Å². The highest BCUT2D eigenvalue weighted by atomic mass is 16.7. The minimum absolute atomic E-state index is 1.29. The summed E-state index contributed by atoms with van der Waals surface area (Å²) in [6.45, 7) is -2.63. The third-order valence-corrected chi connectivity index (χ3v) is 2.68. The van der Waals surface area contributed by atoms with Gasteiger partial charge in [-0.25, -0.2) is 10.1 Å². The fraction of sp³-hybridized carbons (Fsp3) is 1.00. The van der Waals surface area contributed by atoms with Gasteiger partial charge in [0.25, 0.3) is 0 Å². The van der Waals surface area contributed by atoms with E-state index in [4.69, 9.17) is 0 Å². The molecule has 0 aromatic heterocycles. The largest absolute Gasteiger partial charge is 0.723 e. The van der Waals surface area contributed by atoms with Gasteiger partial charge in [-0.05, 0) is 5.01 Å². The summed E-state index contributed by atoms with van der Waals surface area (Å²) in [5.74, 6) is -4.67. The van der Waals surface area contributed by atoms with Crippen molar-refractivity contribution in [2.24, 2.45) is 0 Å². The molecule has 0 radical (unpaired) electrons. The molecule has 22 nitrogen and oxygen atoms in total. The summed E-state index contributed by atoms with van der Waals surface area (Å²) in [6.07, 6.45) is -7.27. The monoisotopic (exact) mass is 388 g/mol. The van der Waals surface area contributed by atoms with Crippen molar-refractivity contribution in [3.05, 3.63) is 70.8 Å². The Bertz CT molecular complexity index is 636. The van der Waals surface area contributed by atoms with E-state index in [1.165, 1.54) is 0 Å². The summed E-state index contributed by atoms with van der Waals surface area (Å²) < 4.78 is 0. The second-order valence-corrected chi connectivity index (χ2v) is 4.06. The third kappa shape index (κ3) is 3.74. The maximum atomic E-state index is 10.9. The van der Waals surface area contributed by atoms with Crippen LogP contribution in [0, 0.1) is 70.8 Å². The van der Waals surface area contributed by atoms with E-state index in [0.29, 0.717) is 0 Å². The maximum absolute atomic E-state index is 10.9. The number of nitrogens with zero attached hydrogens (tertiary/aromatic N) is 8. The SMILES string of the molecule is O=[N+]([O-])C(C([N+](=O)[O-])[N+](=O)[O-])N(CC([N+](=O)[O-])([N+](=O)[O-])[N+](=O)[O-])[N+](=O)[O-]. The van der Waals surface area contributed by atoms with Gasteiger partial charge in [-0.2, -0.15) is 0 Å². The minimum Gasteiger partial charge on any atom is -0.262 e. The average molecular weight is 388 g/mol. The molecule has 0 saturated heterocycles. The van der Waals surface area contributed by atoms with E-state index in [0.717, 1.165) is 0 Å². The van der Waals surface area contributed by atoms with Crippen LogP contribution in [-0.4, -0.2) is 64.2 Å². The lowest BCUT2D eigenvalue weighted by Crippen LogP contribution is -2.66. The molecule has 144 valence electrons. The number of hydrogen-bond donors (Lipinski definition) is 0. The van der Waals surface area contributed by atoms with Crippen LogP contribution in [0.2, 0.25) is 0 Å². The minimum atomic E-state index is -4.67. The van der Waals surface area contributed by atoms with Crippen LogP contribution in [0.3, 0.4) is 0 Å². The van der Waals surface area contributed by atoms with Gasteiger partial charge in [0.15, 0.2) is 19.8 Å². The molecule has 0 heterocycles. The molecule has 0 aromatic carbocycles. The number of hydrazine groups is 1. The van der Waals surface area contributed by atoms with Gasteiger partial charge in [0.2, 0.25) is 0 Å². The normalized spacial score (nSPS) is 12.0. The molecule has 0 amide bonds. The average Bonchev–Trinajstić information content (AvgIpc) is 2.43. The molecule has 0 saturated carbocycles. The Labute approximate surface area is 136 Å². The lowest BCUT2D eigenvalue weighted by atomic mass is 10.3. The molecule has 1 unspecified atom stereocenters. The van der Waals surface area contributed by atoms with Crippen molar-refractivity contribution in [1.82, 2.24) is 5.01 Å². The topological polar surface area (TPSA) is 305 Å². The molecule has 0 aliphatic heterocycles. The quantitative estimate of drug-likeness (QED) is 0.199. The summed E-state index contributed by atoms with van der Waals surface area (Å²) in [7, 11) is 0. The van der Waals surface area contributed by atoms with Crippen molar-refractivity contribution >= 4 is 0 Å². The number of nitro groups is 7. The van der Waals surface area contributed by atoms with Crippen LogP contribution in [0.5, 0.6) is 0 Å². The van der Waals surface area contributed by atoms with Crippen LogP contribution in [0.25, 0.3) is 0 Å². The first kappa shape index (κ1) is 21.6. The fourth-order valence-electron chi connectivity index (χ4n) is 1.50. The van der Waals surface area contributed by atoms with E-state index in [-0.39, 0.29) is 0 Å². The Morgan fingerprint density at radius 3 is 1.19 bits per heavy atom. The fourth-order valence-corrected chi connectivity index (χ4v) is 1.50. The van der Waals surface area contributed by atoms with E-state index in [1.807, 2.05) is 0 Å². The van der Waals surface area contributed by atoms with E-state index >= 15 is 0 Å². The van der Waals surface area contributed by atoms with Crippen LogP contribution in [0.4, 0.5) is 0 Å². The second-order valence-electron chi connectivity index (χ2n) is 4.06. The van der Waals surface area contributed by atoms with Gasteiger partial charge in [0.1, 0.15) is 9.85 Å². The van der Waals surface area contributed by atoms with Gasteiger partial charge in [0.05, 0.1) is 4.92 Å². The van der Waals surface area contributed by atoms with Crippen LogP contribution in [0.15, 0.2) is 0 Å². The van der Waals surface area contributed by atoms with Crippen molar-refractivity contribution in [2.75, 3.05) is 6.54 Å². The summed E-state index contributed by atoms with van der Waals surface area (Å²) in [5, 5.41) is 71.7. The Kier molecular flexibility index (Phi) is 6.19. The lowest BCUT2D eigenvalue weighted by molar-refractivity contribution is -0.976. The summed E-state index contributed by atoms with van der Waals surface area (Å²) in [6, 6.07) is 0. The summed E-state index contributed by atoms with van der Waals surface area (Å²) in [4.78, 5) is 62.3. The standard InChI is InChI=1S/C4H4N8O14/c13-6(14)2(3(7(15)16)8(17)18)5(12(25)26)1-4(9(19)20,10(21)22)11(23)24/h2-3H,1H2. The molecule has 26 heavy (non-hydrogen) atoms. The van der Waals surface area contributed by atoms with Gasteiger partial charge >= 0.3 is 24.7 Å². The van der Waals surface area contributed by atoms with Gasteiger partial charge < -0.3 is 0 Å². The predicted molar refractivity (Wildman–Crippen MR) is 66.0 cm³/mol. The van der Waals surface area contributed by atoms with Crippen molar-refractivity contribution in [3.63, 3.8) is 0 Å². The Morgan fingerprint density at radius 1 is 0.654 bits per heavy atom. The zero-order valence-corrected chi connectivity index (χ0v) is 11.7. The zero-order chi connectivity index (χ0) is 21.0. The van der Waals surface area contributed by atoms with E-state index in [1.54, 1.807) is 0 Å². The lowest BCUT2D eigenvalue weighted by Gasteiger charge is -2.17. The van der Waals surface area contributed by atoms with Gasteiger partial charge in [-0.1, -0.05) is 0 Å². The molecule has 1 atom stereocenters. The maximum Gasteiger partial charge on any atom is 0.723 e. The smallest absolute Gasteiger partial charge is 0.262 e. The molecule has 0 aliphatic rings. The molecular formula is C4H4N8O14. The highest BCUT2D eigenvalue weighted by Gasteiger charge is 2.76. The van der Waals surface area contributed by atoms with Crippen LogP contribution < -0.4 is 0 Å². The van der Waals surface area contributed by atoms with Crippen molar-refractivity contribution in [2.45, 2.75) is 18.1 Å². The summed E-state index contributed by atoms with van der Waals surface area (Å²) in [5.41, 5.74) is 0. The van der Waals surface area contributed by atoms with Crippen LogP contribution >= 0.6 is 0 Å². The molecule has 0 bridgehead atoms. The van der Waals surface area contributed by atoms with Crippen LogP contribution in [0.1, 0.15) is 0 Å². The van der Waals surface area contributed by atoms with Crippen molar-refractivity contribution in [1.29, 1.82) is 0 Å². The van der Waals surface area contributed by atoms with Gasteiger partial charge in [-0.15, -0.1) is 0 Å². The molecular weight excluding hydrogens is 384 g/mol. The third-order valence-electron chi connectivity index (χ3n) is 2.68. The molecule has 0 fully saturated rings. The molecule has 0 spiro atoms. The predicted octanol–water partition coefficient (Wildman–Crippen LogP) is -2.55. The number of rotatable bonds is 11. The number of hydrogen-bond acceptors (Lipinski definition) is 14. The van der Waals surface area contributed by atoms with E-state index < -0.39 is 64.2 Å². The van der Waals surface area contributed by atoms with E-state index in [2.05, 4.69) is 0 Å². The first-order valence-electron chi connectivity index (χ1n) is 5.46. The Balaban J connectivity index is 6.53. The highest BCUT2D eigenvalue weighted by Crippen LogP contribution is 2.19. The zero-order valence-electron chi connectivity index (χ0n) is 11.7. The molecule has 0 rings (SSSR count). The van der Waals surface area contributed by atoms with Gasteiger partial charge in [-0.3, -0.25) is 60.7 Å². The Hall–Kier alpha value is -4.40. The molecule has 0 N–H and O–H groups in total. The van der Waals surface area contributed by atoms with E-state index in [9.17, 15) is 70.8 Å². The van der Waals surface area contributed by atoms with Gasteiger partial charge in [0, 0.05) is 0 Å². The second kappa shape index (κ2) is 7.45.